The van der Waals surface area contributed by atoms with Gasteiger partial charge in [-0.05, 0) is 124 Å². The van der Waals surface area contributed by atoms with Crippen LogP contribution in [0.4, 0.5) is 19.4 Å². The van der Waals surface area contributed by atoms with Gasteiger partial charge in [0.15, 0.2) is 23.0 Å². The van der Waals surface area contributed by atoms with Gasteiger partial charge in [0.2, 0.25) is 17.7 Å². The van der Waals surface area contributed by atoms with Crippen LogP contribution in [0.3, 0.4) is 0 Å². The Morgan fingerprint density at radius 3 is 2.34 bits per heavy atom. The van der Waals surface area contributed by atoms with Gasteiger partial charge in [0.05, 0.1) is 23.2 Å². The van der Waals surface area contributed by atoms with E-state index in [2.05, 4.69) is 43.7 Å². The fourth-order valence-corrected chi connectivity index (χ4v) is 13.5. The highest BCUT2D eigenvalue weighted by Gasteiger charge is 2.51. The van der Waals surface area contributed by atoms with E-state index in [1.54, 1.807) is 4.90 Å². The monoisotopic (exact) mass is 1020 g/mol. The first kappa shape index (κ1) is 49.1. The van der Waals surface area contributed by atoms with Gasteiger partial charge in [0.1, 0.15) is 11.6 Å². The summed E-state index contributed by atoms with van der Waals surface area (Å²) in [5, 5.41) is 11.4. The van der Waals surface area contributed by atoms with Crippen molar-refractivity contribution in [2.75, 3.05) is 51.3 Å². The van der Waals surface area contributed by atoms with Crippen LogP contribution in [-0.2, 0) is 22.2 Å². The SMILES string of the molecule is COc1ccc(C(N)=O)c(-c2c(Cl)c(F)cc3c2C(C)C(CNC2CCC(C(=O)N4CC(N5CCC6(CCC(c7ccc8c(N9CCC(=O)NC9=O)nn(C)c8c7)CC6)CC5)C4)CC2)(c2ccccc2)O3)c1F. The summed E-state index contributed by atoms with van der Waals surface area (Å²) < 4.78 is 46.0. The number of nitrogens with zero attached hydrogens (tertiary/aromatic N) is 5. The predicted octanol–water partition coefficient (Wildman–Crippen LogP) is 8.92. The van der Waals surface area contributed by atoms with Crippen molar-refractivity contribution in [1.29, 1.82) is 0 Å². The lowest BCUT2D eigenvalue weighted by Crippen LogP contribution is -2.63. The van der Waals surface area contributed by atoms with Crippen LogP contribution < -0.4 is 30.7 Å². The fourth-order valence-electron chi connectivity index (χ4n) is 13.2. The number of nitrogens with two attached hydrogens (primary N) is 1. The fraction of sp³-hybridized carbons (Fsp3) is 0.482. The second-order valence-corrected chi connectivity index (χ2v) is 21.9. The van der Waals surface area contributed by atoms with E-state index in [9.17, 15) is 19.2 Å². The number of hydrogen-bond acceptors (Lipinski definition) is 9. The number of nitrogens with one attached hydrogen (secondary N) is 2. The van der Waals surface area contributed by atoms with Gasteiger partial charge in [0, 0.05) is 91.7 Å². The maximum absolute atomic E-state index is 16.3. The Morgan fingerprint density at radius 2 is 1.66 bits per heavy atom. The molecule has 5 fully saturated rings. The molecule has 384 valence electrons. The van der Waals surface area contributed by atoms with Crippen molar-refractivity contribution in [2.24, 2.45) is 24.1 Å². The Bertz CT molecular complexity index is 2990. The van der Waals surface area contributed by atoms with E-state index in [0.29, 0.717) is 41.8 Å². The van der Waals surface area contributed by atoms with E-state index in [4.69, 9.17) is 26.8 Å². The molecule has 2 unspecified atom stereocenters. The number of benzene rings is 4. The minimum Gasteiger partial charge on any atom is -0.494 e. The third-order valence-corrected chi connectivity index (χ3v) is 18.1. The number of urea groups is 1. The lowest BCUT2D eigenvalue weighted by atomic mass is 9.64. The van der Waals surface area contributed by atoms with Crippen LogP contribution >= 0.6 is 11.6 Å². The molecule has 3 saturated heterocycles. The largest absolute Gasteiger partial charge is 0.494 e. The summed E-state index contributed by atoms with van der Waals surface area (Å²) in [7, 11) is 3.21. The number of ether oxygens (including phenoxy) is 2. The van der Waals surface area contributed by atoms with Crippen LogP contribution in [0.5, 0.6) is 11.5 Å². The first-order chi connectivity index (χ1) is 35.2. The molecule has 1 spiro atoms. The van der Waals surface area contributed by atoms with Crippen molar-refractivity contribution in [3.63, 3.8) is 0 Å². The predicted molar refractivity (Wildman–Crippen MR) is 274 cm³/mol. The number of methoxy groups -OCH3 is 1. The Balaban J connectivity index is 0.675. The standard InChI is InChI=1S/C56H63ClF2N8O6/c1-32-46-44(28-41(58)49(57)48(46)47-40(51(60)69)15-16-43(72-3)50(47)59)73-56(32,36-7-5-4-6-8-36)31-61-37-12-9-34(10-13-37)53(70)66-29-38(30-66)65-25-22-55(23-26-65)20-17-33(18-21-55)35-11-14-39-42(27-35)64(2)63-52(39)67-24-19-45(68)62-54(67)71/h4-8,11,14-16,27-28,32-34,37-38,61H,9-10,12-13,17-26,29-31H2,1-3H3,(H2,60,69)(H,62,68,71). The van der Waals surface area contributed by atoms with Gasteiger partial charge in [-0.25, -0.2) is 13.6 Å². The molecule has 1 aromatic heterocycles. The number of rotatable bonds is 11. The molecule has 11 rings (SSSR count). The Morgan fingerprint density at radius 1 is 0.932 bits per heavy atom. The topological polar surface area (TPSA) is 164 Å². The summed E-state index contributed by atoms with van der Waals surface area (Å²) in [6.45, 7) is 6.31. The molecule has 4 N–H and O–H groups in total. The molecule has 0 bridgehead atoms. The highest BCUT2D eigenvalue weighted by molar-refractivity contribution is 6.34. The van der Waals surface area contributed by atoms with E-state index in [-0.39, 0.29) is 63.4 Å². The van der Waals surface area contributed by atoms with E-state index in [0.717, 1.165) is 81.2 Å². The van der Waals surface area contributed by atoms with Gasteiger partial charge in [-0.2, -0.15) is 5.10 Å². The van der Waals surface area contributed by atoms with Crippen molar-refractivity contribution in [3.05, 3.63) is 106 Å². The number of amides is 5. The number of aromatic nitrogens is 2. The molecule has 5 aromatic rings. The van der Waals surface area contributed by atoms with Crippen LogP contribution in [0.2, 0.25) is 5.02 Å². The van der Waals surface area contributed by atoms with Gasteiger partial charge in [-0.1, -0.05) is 54.9 Å². The quantitative estimate of drug-likeness (QED) is 0.117. The molecule has 17 heteroatoms. The Hall–Kier alpha value is -6.10. The molecule has 6 aliphatic rings. The number of aryl methyl sites for hydroxylation is 1. The smallest absolute Gasteiger partial charge is 0.329 e. The van der Waals surface area contributed by atoms with Crippen LogP contribution in [0.1, 0.15) is 116 Å². The summed E-state index contributed by atoms with van der Waals surface area (Å²) in [6.07, 6.45) is 10.5. The number of hydrogen-bond donors (Lipinski definition) is 3. The number of primary amides is 1. The number of imide groups is 1. The summed E-state index contributed by atoms with van der Waals surface area (Å²) in [6, 6.07) is 20.2. The Kier molecular flexibility index (Phi) is 13.0. The second kappa shape index (κ2) is 19.3. The van der Waals surface area contributed by atoms with Crippen molar-refractivity contribution in [3.8, 4) is 22.6 Å². The number of piperidine rings is 1. The summed E-state index contributed by atoms with van der Waals surface area (Å²) in [5.74, 6) is -2.01. The van der Waals surface area contributed by atoms with Crippen molar-refractivity contribution >= 4 is 52.1 Å². The zero-order valence-electron chi connectivity index (χ0n) is 41.7. The van der Waals surface area contributed by atoms with Crippen LogP contribution in [0.25, 0.3) is 22.0 Å². The zero-order chi connectivity index (χ0) is 50.9. The number of halogens is 3. The van der Waals surface area contributed by atoms with Gasteiger partial charge in [0.25, 0.3) is 0 Å². The summed E-state index contributed by atoms with van der Waals surface area (Å²) in [4.78, 5) is 57.2. The minimum atomic E-state index is -1.06. The lowest BCUT2D eigenvalue weighted by Gasteiger charge is -2.52. The highest BCUT2D eigenvalue weighted by Crippen LogP contribution is 2.57. The molecule has 73 heavy (non-hydrogen) atoms. The molecule has 4 aromatic carbocycles. The van der Waals surface area contributed by atoms with Gasteiger partial charge >= 0.3 is 6.03 Å². The van der Waals surface area contributed by atoms with Crippen molar-refractivity contribution in [2.45, 2.75) is 107 Å². The number of carbonyl (C=O) groups is 4. The van der Waals surface area contributed by atoms with Crippen molar-refractivity contribution in [1.82, 2.24) is 30.2 Å². The van der Waals surface area contributed by atoms with Crippen LogP contribution in [0.15, 0.2) is 66.7 Å². The van der Waals surface area contributed by atoms with Crippen molar-refractivity contribution < 1.29 is 37.4 Å². The minimum absolute atomic E-state index is 0.00377. The normalized spacial score (nSPS) is 24.6. The molecule has 5 amide bonds. The molecule has 5 heterocycles. The molecule has 2 aliphatic carbocycles. The molecule has 4 aliphatic heterocycles. The van der Waals surface area contributed by atoms with Crippen LogP contribution in [0, 0.1) is 23.0 Å². The number of fused-ring (bicyclic) bond motifs is 2. The molecular formula is C56H63ClF2N8O6. The average Bonchev–Trinajstić information content (AvgIpc) is 3.86. The lowest BCUT2D eigenvalue weighted by molar-refractivity contribution is -0.145. The third kappa shape index (κ3) is 8.70. The molecule has 2 saturated carbocycles. The molecule has 14 nitrogen and oxygen atoms in total. The summed E-state index contributed by atoms with van der Waals surface area (Å²) in [5.41, 5.74) is 8.28. The number of anilines is 1. The average molecular weight is 1020 g/mol. The van der Waals surface area contributed by atoms with E-state index in [1.165, 1.54) is 56.6 Å². The van der Waals surface area contributed by atoms with Gasteiger partial charge < -0.3 is 25.4 Å². The maximum atomic E-state index is 16.3. The van der Waals surface area contributed by atoms with Gasteiger partial charge in [-0.15, -0.1) is 0 Å². The number of carbonyl (C=O) groups excluding carboxylic acids is 4. The van der Waals surface area contributed by atoms with E-state index < -0.39 is 35.1 Å². The highest BCUT2D eigenvalue weighted by atomic mass is 35.5. The maximum Gasteiger partial charge on any atom is 0.329 e. The van der Waals surface area contributed by atoms with E-state index >= 15 is 8.78 Å². The Labute approximate surface area is 428 Å². The first-order valence-electron chi connectivity index (χ1n) is 25.9. The zero-order valence-corrected chi connectivity index (χ0v) is 42.4. The second-order valence-electron chi connectivity index (χ2n) is 21.5. The molecule has 0 radical (unpaired) electrons. The molecule has 2 atom stereocenters. The molecular weight excluding hydrogens is 954 g/mol. The first-order valence-corrected chi connectivity index (χ1v) is 26.3. The third-order valence-electron chi connectivity index (χ3n) is 17.7. The summed E-state index contributed by atoms with van der Waals surface area (Å²) >= 11 is 6.71. The van der Waals surface area contributed by atoms with E-state index in [1.807, 2.05) is 49.0 Å². The van der Waals surface area contributed by atoms with Crippen LogP contribution in [-0.4, -0.2) is 102 Å². The van der Waals surface area contributed by atoms with Gasteiger partial charge in [-0.3, -0.25) is 34.2 Å². The number of likely N-dealkylation sites (tertiary alicyclic amines) is 2.